The number of fused-ring (bicyclic) bond motifs is 1. The average molecular weight is 740 g/mol. The Morgan fingerprint density at radius 3 is 2.13 bits per heavy atom. The summed E-state index contributed by atoms with van der Waals surface area (Å²) < 4.78 is 90.6. The summed E-state index contributed by atoms with van der Waals surface area (Å²) in [4.78, 5) is 30.0. The van der Waals surface area contributed by atoms with Crippen LogP contribution in [0.2, 0.25) is 0 Å². The van der Waals surface area contributed by atoms with Gasteiger partial charge in [0.15, 0.2) is 11.6 Å². The summed E-state index contributed by atoms with van der Waals surface area (Å²) >= 11 is 0. The van der Waals surface area contributed by atoms with Crippen molar-refractivity contribution in [1.29, 1.82) is 0 Å². The highest BCUT2D eigenvalue weighted by Crippen LogP contribution is 2.36. The van der Waals surface area contributed by atoms with E-state index in [4.69, 9.17) is 35.0 Å². The van der Waals surface area contributed by atoms with Gasteiger partial charge in [-0.25, -0.2) is 23.9 Å². The monoisotopic (exact) mass is 739 g/mol. The fourth-order valence-electron chi connectivity index (χ4n) is 4.59. The molecule has 0 bridgehead atoms. The SMILES string of the molecule is CCOc1cc(CC)cc(C(Nc2ccc3c(N)nccc3c2)c2ncc(-c3ccccc3OC)[nH]2)c1F.O=C(O)C(F)(F)F.O=C(O)C(F)(F)F. The number of nitrogens with zero attached hydrogens (tertiary/aromatic N) is 2. The lowest BCUT2D eigenvalue weighted by Gasteiger charge is -2.22. The second-order valence-corrected chi connectivity index (χ2v) is 10.5. The van der Waals surface area contributed by atoms with Gasteiger partial charge in [0.25, 0.3) is 0 Å². The van der Waals surface area contributed by atoms with Gasteiger partial charge in [0.2, 0.25) is 0 Å². The van der Waals surface area contributed by atoms with Crippen molar-refractivity contribution >= 4 is 34.2 Å². The minimum Gasteiger partial charge on any atom is -0.496 e. The maximum Gasteiger partial charge on any atom is 0.490 e. The Hall–Kier alpha value is -6.07. The Kier molecular flexibility index (Phi) is 13.4. The minimum atomic E-state index is -5.08. The number of carboxylic acids is 2. The number of aryl methyl sites for hydroxylation is 1. The van der Waals surface area contributed by atoms with Crippen molar-refractivity contribution in [3.8, 4) is 22.8 Å². The van der Waals surface area contributed by atoms with Crippen LogP contribution < -0.4 is 20.5 Å². The molecule has 18 heteroatoms. The van der Waals surface area contributed by atoms with Crippen molar-refractivity contribution in [3.05, 3.63) is 95.8 Å². The van der Waals surface area contributed by atoms with Gasteiger partial charge in [-0.15, -0.1) is 0 Å². The molecule has 2 aromatic heterocycles. The number of para-hydroxylation sites is 1. The van der Waals surface area contributed by atoms with E-state index in [2.05, 4.69) is 20.3 Å². The first-order chi connectivity index (χ1) is 24.4. The van der Waals surface area contributed by atoms with Crippen LogP contribution in [0.25, 0.3) is 22.0 Å². The number of halogens is 7. The molecule has 5 rings (SSSR count). The zero-order valence-corrected chi connectivity index (χ0v) is 27.6. The third-order valence-electron chi connectivity index (χ3n) is 7.00. The molecule has 0 fully saturated rings. The summed E-state index contributed by atoms with van der Waals surface area (Å²) in [5, 5.41) is 19.5. The van der Waals surface area contributed by atoms with Gasteiger partial charge in [0.1, 0.15) is 23.4 Å². The van der Waals surface area contributed by atoms with Crippen molar-refractivity contribution in [3.63, 3.8) is 0 Å². The van der Waals surface area contributed by atoms with Crippen LogP contribution in [0.3, 0.4) is 0 Å². The Balaban J connectivity index is 0.000000441. The lowest BCUT2D eigenvalue weighted by atomic mass is 9.99. The van der Waals surface area contributed by atoms with E-state index in [1.807, 2.05) is 68.4 Å². The van der Waals surface area contributed by atoms with Crippen molar-refractivity contribution in [1.82, 2.24) is 15.0 Å². The van der Waals surface area contributed by atoms with Crippen LogP contribution in [-0.4, -0.2) is 63.2 Å². The zero-order valence-electron chi connectivity index (χ0n) is 27.6. The van der Waals surface area contributed by atoms with Crippen LogP contribution in [0, 0.1) is 5.82 Å². The number of anilines is 2. The number of carbonyl (C=O) groups is 2. The molecule has 0 spiro atoms. The third-order valence-corrected chi connectivity index (χ3v) is 7.00. The minimum absolute atomic E-state index is 0.225. The number of benzene rings is 3. The Bertz CT molecular complexity index is 1980. The van der Waals surface area contributed by atoms with Gasteiger partial charge in [-0.3, -0.25) is 0 Å². The van der Waals surface area contributed by atoms with Crippen LogP contribution >= 0.6 is 0 Å². The highest BCUT2D eigenvalue weighted by molar-refractivity contribution is 5.93. The van der Waals surface area contributed by atoms with E-state index in [0.29, 0.717) is 29.6 Å². The highest BCUT2D eigenvalue weighted by Gasteiger charge is 2.39. The number of hydrogen-bond acceptors (Lipinski definition) is 8. The molecule has 5 aromatic rings. The van der Waals surface area contributed by atoms with Gasteiger partial charge in [-0.1, -0.05) is 25.1 Å². The number of aliphatic carboxylic acids is 2. The predicted octanol–water partition coefficient (Wildman–Crippen LogP) is 7.78. The Morgan fingerprint density at radius 1 is 0.923 bits per heavy atom. The molecular formula is C34H32F7N5O6. The topological polar surface area (TPSA) is 173 Å². The summed E-state index contributed by atoms with van der Waals surface area (Å²) in [6, 6.07) is 18.3. The molecule has 6 N–H and O–H groups in total. The number of nitrogens with one attached hydrogen (secondary N) is 2. The third kappa shape index (κ3) is 10.5. The van der Waals surface area contributed by atoms with Crippen LogP contribution in [0.15, 0.2) is 73.1 Å². The molecule has 1 atom stereocenters. The van der Waals surface area contributed by atoms with E-state index in [1.165, 1.54) is 0 Å². The maximum atomic E-state index is 15.9. The van der Waals surface area contributed by atoms with Gasteiger partial charge in [-0.05, 0) is 66.8 Å². The van der Waals surface area contributed by atoms with Crippen LogP contribution in [0.1, 0.15) is 36.8 Å². The molecule has 3 aromatic carbocycles. The standard InChI is InChI=1S/C30H30FN5O2.2C2HF3O2/c1-4-18-14-23(27(31)26(15-18)38-5-2)28(35-20-10-11-21-19(16-20)12-13-33-29(21)32)30-34-17-24(36-30)22-8-6-7-9-25(22)37-3;2*3-2(4,5)1(6)7/h6-17,28,35H,4-5H2,1-3H3,(H2,32,33)(H,34,36);2*(H,6,7). The highest BCUT2D eigenvalue weighted by atomic mass is 19.4. The molecule has 0 aliphatic heterocycles. The smallest absolute Gasteiger partial charge is 0.490 e. The largest absolute Gasteiger partial charge is 0.496 e. The fraction of sp³-hybridized carbons (Fsp3) is 0.235. The van der Waals surface area contributed by atoms with Crippen molar-refractivity contribution in [2.75, 3.05) is 24.8 Å². The number of alkyl halides is 6. The second-order valence-electron chi connectivity index (χ2n) is 10.5. The molecule has 0 saturated heterocycles. The summed E-state index contributed by atoms with van der Waals surface area (Å²) in [6.07, 6.45) is -6.03. The molecule has 0 amide bonds. The first-order valence-corrected chi connectivity index (χ1v) is 15.1. The quantitative estimate of drug-likeness (QED) is 0.0940. The molecule has 0 radical (unpaired) electrons. The van der Waals surface area contributed by atoms with E-state index in [9.17, 15) is 26.3 Å². The molecule has 278 valence electrons. The number of aromatic nitrogens is 3. The number of nitrogens with two attached hydrogens (primary N) is 1. The van der Waals surface area contributed by atoms with E-state index >= 15 is 4.39 Å². The van der Waals surface area contributed by atoms with Crippen molar-refractivity contribution in [2.24, 2.45) is 0 Å². The van der Waals surface area contributed by atoms with Crippen molar-refractivity contribution in [2.45, 2.75) is 38.7 Å². The van der Waals surface area contributed by atoms with Gasteiger partial charge in [0.05, 0.1) is 25.6 Å². The van der Waals surface area contributed by atoms with Crippen LogP contribution in [0.4, 0.5) is 42.2 Å². The summed E-state index contributed by atoms with van der Waals surface area (Å²) in [5.41, 5.74) is 9.85. The normalized spacial score (nSPS) is 11.7. The van der Waals surface area contributed by atoms with E-state index in [1.54, 1.807) is 25.6 Å². The van der Waals surface area contributed by atoms with E-state index in [0.717, 1.165) is 39.7 Å². The Morgan fingerprint density at radius 2 is 1.56 bits per heavy atom. The first-order valence-electron chi connectivity index (χ1n) is 15.1. The lowest BCUT2D eigenvalue weighted by Crippen LogP contribution is -2.21. The fourth-order valence-corrected chi connectivity index (χ4v) is 4.59. The summed E-state index contributed by atoms with van der Waals surface area (Å²) in [6.45, 7) is 4.24. The Labute approximate surface area is 291 Å². The number of carboxylic acid groups (broad SMARTS) is 2. The molecule has 0 aliphatic carbocycles. The van der Waals surface area contributed by atoms with Gasteiger partial charge in [-0.2, -0.15) is 26.3 Å². The molecule has 2 heterocycles. The number of aromatic amines is 1. The number of nitrogen functional groups attached to an aromatic ring is 1. The first kappa shape index (κ1) is 40.4. The van der Waals surface area contributed by atoms with Crippen LogP contribution in [-0.2, 0) is 16.0 Å². The molecule has 0 aliphatic rings. The molecule has 1 unspecified atom stereocenters. The number of hydrogen-bond donors (Lipinski definition) is 5. The van der Waals surface area contributed by atoms with Gasteiger partial charge in [0, 0.05) is 28.4 Å². The van der Waals surface area contributed by atoms with E-state index in [-0.39, 0.29) is 5.75 Å². The number of pyridine rings is 1. The number of H-pyrrole nitrogens is 1. The zero-order chi connectivity index (χ0) is 38.8. The number of methoxy groups -OCH3 is 1. The second kappa shape index (κ2) is 17.2. The van der Waals surface area contributed by atoms with Crippen molar-refractivity contribution < 1.29 is 60.0 Å². The molecule has 52 heavy (non-hydrogen) atoms. The van der Waals surface area contributed by atoms with Crippen LogP contribution in [0.5, 0.6) is 11.5 Å². The number of ether oxygens (including phenoxy) is 2. The van der Waals surface area contributed by atoms with Gasteiger partial charge < -0.3 is 35.7 Å². The summed E-state index contributed by atoms with van der Waals surface area (Å²) in [5.74, 6) is -3.99. The van der Waals surface area contributed by atoms with E-state index < -0.39 is 36.2 Å². The maximum absolute atomic E-state index is 15.9. The molecule has 11 nitrogen and oxygen atoms in total. The number of rotatable bonds is 9. The predicted molar refractivity (Wildman–Crippen MR) is 177 cm³/mol. The lowest BCUT2D eigenvalue weighted by molar-refractivity contribution is -0.193. The number of imidazole rings is 1. The molecular weight excluding hydrogens is 707 g/mol. The summed E-state index contributed by atoms with van der Waals surface area (Å²) in [7, 11) is 1.63. The average Bonchev–Trinajstić information content (AvgIpc) is 3.58. The van der Waals surface area contributed by atoms with Gasteiger partial charge >= 0.3 is 24.3 Å². The molecule has 0 saturated carbocycles.